The second-order valence-electron chi connectivity index (χ2n) is 4.92. The Morgan fingerprint density at radius 2 is 1.76 bits per heavy atom. The fourth-order valence-corrected chi connectivity index (χ4v) is 2.46. The van der Waals surface area contributed by atoms with E-state index >= 15 is 0 Å². The third-order valence-electron chi connectivity index (χ3n) is 3.05. The molecule has 0 atom stereocenters. The van der Waals surface area contributed by atoms with Crippen LogP contribution >= 0.6 is 0 Å². The molecule has 1 rings (SSSR count). The van der Waals surface area contributed by atoms with Crippen LogP contribution < -0.4 is 0 Å². The number of carbonyl (C=O) groups excluding carboxylic acids is 1. The molecule has 0 spiro atoms. The van der Waals surface area contributed by atoms with Gasteiger partial charge in [0.2, 0.25) is 0 Å². The number of unbranched alkanes of at least 4 members (excludes halogenated alkanes) is 4. The van der Waals surface area contributed by atoms with Gasteiger partial charge in [0.25, 0.3) is 0 Å². The summed E-state index contributed by atoms with van der Waals surface area (Å²) in [5, 5.41) is 0. The van der Waals surface area contributed by atoms with Gasteiger partial charge in [-0.25, -0.2) is 13.2 Å². The molecule has 0 saturated carbocycles. The Balaban J connectivity index is 2.34. The number of sulfone groups is 1. The highest BCUT2D eigenvalue weighted by Gasteiger charge is 2.10. The van der Waals surface area contributed by atoms with Gasteiger partial charge in [0.1, 0.15) is 0 Å². The summed E-state index contributed by atoms with van der Waals surface area (Å²) >= 11 is 0. The minimum absolute atomic E-state index is 0.196. The zero-order valence-electron chi connectivity index (χ0n) is 12.4. The van der Waals surface area contributed by atoms with Gasteiger partial charge in [0, 0.05) is 6.26 Å². The molecule has 4 nitrogen and oxygen atoms in total. The van der Waals surface area contributed by atoms with Crippen molar-refractivity contribution in [3.8, 4) is 0 Å². The van der Waals surface area contributed by atoms with Crippen LogP contribution in [0, 0.1) is 0 Å². The van der Waals surface area contributed by atoms with Gasteiger partial charge >= 0.3 is 5.97 Å². The SMILES string of the molecule is C=CCCCCCCOC(=O)c1ccc(S(C)(=O)=O)cc1. The van der Waals surface area contributed by atoms with E-state index in [0.29, 0.717) is 12.2 Å². The lowest BCUT2D eigenvalue weighted by Crippen LogP contribution is -2.07. The maximum Gasteiger partial charge on any atom is 0.338 e. The largest absolute Gasteiger partial charge is 0.462 e. The minimum atomic E-state index is -3.24. The van der Waals surface area contributed by atoms with Crippen molar-refractivity contribution < 1.29 is 17.9 Å². The molecule has 0 aliphatic carbocycles. The highest BCUT2D eigenvalue weighted by Crippen LogP contribution is 2.11. The molecule has 0 radical (unpaired) electrons. The smallest absolute Gasteiger partial charge is 0.338 e. The average molecular weight is 310 g/mol. The van der Waals surface area contributed by atoms with Crippen LogP contribution in [-0.2, 0) is 14.6 Å². The number of esters is 1. The van der Waals surface area contributed by atoms with E-state index in [1.165, 1.54) is 24.3 Å². The highest BCUT2D eigenvalue weighted by atomic mass is 32.2. The van der Waals surface area contributed by atoms with Crippen LogP contribution in [0.15, 0.2) is 41.8 Å². The Morgan fingerprint density at radius 3 is 2.33 bits per heavy atom. The second kappa shape index (κ2) is 8.62. The fraction of sp³-hybridized carbons (Fsp3) is 0.438. The van der Waals surface area contributed by atoms with E-state index in [1.54, 1.807) is 0 Å². The quantitative estimate of drug-likeness (QED) is 0.398. The summed E-state index contributed by atoms with van der Waals surface area (Å²) in [6, 6.07) is 5.79. The molecule has 116 valence electrons. The lowest BCUT2D eigenvalue weighted by atomic mass is 10.1. The average Bonchev–Trinajstić information content (AvgIpc) is 2.45. The zero-order chi connectivity index (χ0) is 15.7. The van der Waals surface area contributed by atoms with Crippen LogP contribution in [0.3, 0.4) is 0 Å². The first-order valence-corrected chi connectivity index (χ1v) is 8.92. The fourth-order valence-electron chi connectivity index (χ4n) is 1.83. The molecule has 1 aromatic rings. The number of hydrogen-bond acceptors (Lipinski definition) is 4. The summed E-state index contributed by atoms with van der Waals surface area (Å²) in [6.07, 6.45) is 8.13. The Bertz CT molecular complexity index is 558. The van der Waals surface area contributed by atoms with Crippen molar-refractivity contribution in [1.82, 2.24) is 0 Å². The Kier molecular flexibility index (Phi) is 7.15. The normalized spacial score (nSPS) is 11.1. The molecule has 0 fully saturated rings. The molecule has 0 aromatic heterocycles. The highest BCUT2D eigenvalue weighted by molar-refractivity contribution is 7.90. The van der Waals surface area contributed by atoms with E-state index in [-0.39, 0.29) is 4.90 Å². The first-order chi connectivity index (χ1) is 9.95. The molecule has 21 heavy (non-hydrogen) atoms. The van der Waals surface area contributed by atoms with E-state index in [2.05, 4.69) is 6.58 Å². The van der Waals surface area contributed by atoms with E-state index in [1.807, 2.05) is 6.08 Å². The van der Waals surface area contributed by atoms with Gasteiger partial charge in [0.15, 0.2) is 9.84 Å². The number of allylic oxidation sites excluding steroid dienone is 1. The number of hydrogen-bond donors (Lipinski definition) is 0. The molecule has 0 aliphatic rings. The number of carbonyl (C=O) groups is 1. The predicted molar refractivity (Wildman–Crippen MR) is 83.1 cm³/mol. The summed E-state index contributed by atoms with van der Waals surface area (Å²) in [5.74, 6) is -0.416. The van der Waals surface area contributed by atoms with E-state index < -0.39 is 15.8 Å². The monoisotopic (exact) mass is 310 g/mol. The minimum Gasteiger partial charge on any atom is -0.462 e. The van der Waals surface area contributed by atoms with Crippen LogP contribution in [0.1, 0.15) is 42.5 Å². The van der Waals surface area contributed by atoms with Gasteiger partial charge < -0.3 is 4.74 Å². The summed E-state index contributed by atoms with van der Waals surface area (Å²) < 4.78 is 27.8. The summed E-state index contributed by atoms with van der Waals surface area (Å²) in [6.45, 7) is 4.06. The van der Waals surface area contributed by atoms with Crippen molar-refractivity contribution in [3.63, 3.8) is 0 Å². The Morgan fingerprint density at radius 1 is 1.14 bits per heavy atom. The van der Waals surface area contributed by atoms with E-state index in [9.17, 15) is 13.2 Å². The summed E-state index contributed by atoms with van der Waals surface area (Å²) in [7, 11) is -3.24. The molecule has 0 N–H and O–H groups in total. The van der Waals surface area contributed by atoms with E-state index in [4.69, 9.17) is 4.74 Å². The van der Waals surface area contributed by atoms with Gasteiger partial charge in [-0.3, -0.25) is 0 Å². The van der Waals surface area contributed by atoms with Crippen molar-refractivity contribution in [3.05, 3.63) is 42.5 Å². The molecule has 0 aliphatic heterocycles. The van der Waals surface area contributed by atoms with Crippen LogP contribution in [0.25, 0.3) is 0 Å². The van der Waals surface area contributed by atoms with Crippen molar-refractivity contribution in [2.75, 3.05) is 12.9 Å². The van der Waals surface area contributed by atoms with Gasteiger partial charge in [-0.1, -0.05) is 18.9 Å². The number of rotatable bonds is 9. The van der Waals surface area contributed by atoms with Crippen LogP contribution in [0.2, 0.25) is 0 Å². The number of ether oxygens (including phenoxy) is 1. The van der Waals surface area contributed by atoms with Crippen molar-refractivity contribution >= 4 is 15.8 Å². The molecule has 0 heterocycles. The summed E-state index contributed by atoms with van der Waals surface area (Å²) in [4.78, 5) is 12.0. The first-order valence-electron chi connectivity index (χ1n) is 7.03. The van der Waals surface area contributed by atoms with Crippen molar-refractivity contribution in [2.45, 2.75) is 37.0 Å². The van der Waals surface area contributed by atoms with Crippen LogP contribution in [0.5, 0.6) is 0 Å². The lowest BCUT2D eigenvalue weighted by Gasteiger charge is -2.05. The van der Waals surface area contributed by atoms with Gasteiger partial charge in [-0.2, -0.15) is 0 Å². The molecule has 0 amide bonds. The summed E-state index contributed by atoms with van der Waals surface area (Å²) in [5.41, 5.74) is 0.369. The lowest BCUT2D eigenvalue weighted by molar-refractivity contribution is 0.0497. The topological polar surface area (TPSA) is 60.4 Å². The zero-order valence-corrected chi connectivity index (χ0v) is 13.2. The predicted octanol–water partition coefficient (Wildman–Crippen LogP) is 3.38. The maximum absolute atomic E-state index is 11.8. The first kappa shape index (κ1) is 17.4. The van der Waals surface area contributed by atoms with Crippen molar-refractivity contribution in [1.29, 1.82) is 0 Å². The maximum atomic E-state index is 11.8. The molecule has 0 bridgehead atoms. The van der Waals surface area contributed by atoms with Gasteiger partial charge in [-0.05, 0) is 43.5 Å². The molecule has 1 aromatic carbocycles. The molecule has 5 heteroatoms. The Hall–Kier alpha value is -1.62. The molecule has 0 saturated heterocycles. The van der Waals surface area contributed by atoms with Gasteiger partial charge in [0.05, 0.1) is 17.1 Å². The van der Waals surface area contributed by atoms with Crippen molar-refractivity contribution in [2.24, 2.45) is 0 Å². The standard InChI is InChI=1S/C16H22O4S/c1-3-4-5-6-7-8-13-20-16(17)14-9-11-15(12-10-14)21(2,18)19/h3,9-12H,1,4-8,13H2,2H3. The van der Waals surface area contributed by atoms with Crippen LogP contribution in [-0.4, -0.2) is 27.2 Å². The van der Waals surface area contributed by atoms with Gasteiger partial charge in [-0.15, -0.1) is 6.58 Å². The second-order valence-corrected chi connectivity index (χ2v) is 6.94. The molecular weight excluding hydrogens is 288 g/mol. The third kappa shape index (κ3) is 6.58. The third-order valence-corrected chi connectivity index (χ3v) is 4.18. The van der Waals surface area contributed by atoms with E-state index in [0.717, 1.165) is 38.4 Å². The molecular formula is C16H22O4S. The molecule has 0 unspecified atom stereocenters. The Labute approximate surface area is 126 Å². The van der Waals surface area contributed by atoms with Crippen LogP contribution in [0.4, 0.5) is 0 Å². The number of benzene rings is 1.